The molecule has 0 aromatic heterocycles. The van der Waals surface area contributed by atoms with Crippen LogP contribution in [0, 0.1) is 23.7 Å². The quantitative estimate of drug-likeness (QED) is 0.529. The lowest BCUT2D eigenvalue weighted by Crippen LogP contribution is -2.32. The van der Waals surface area contributed by atoms with Gasteiger partial charge in [-0.3, -0.25) is 14.5 Å². The molecule has 2 aliphatic carbocycles. The molecule has 0 spiro atoms. The highest BCUT2D eigenvalue weighted by Gasteiger charge is 2.59. The molecule has 5 rings (SSSR count). The van der Waals surface area contributed by atoms with Crippen molar-refractivity contribution >= 4 is 40.7 Å². The van der Waals surface area contributed by atoms with Gasteiger partial charge in [0.1, 0.15) is 12.4 Å². The van der Waals surface area contributed by atoms with Gasteiger partial charge in [0.2, 0.25) is 11.8 Å². The number of carbonyl (C=O) groups excluding carboxylic acids is 2. The fourth-order valence-corrected chi connectivity index (χ4v) is 5.11. The summed E-state index contributed by atoms with van der Waals surface area (Å²) in [5.74, 6) is 0.528. The van der Waals surface area contributed by atoms with Gasteiger partial charge in [-0.15, -0.1) is 0 Å². The Kier molecular flexibility index (Phi) is 4.22. The van der Waals surface area contributed by atoms with Crippen molar-refractivity contribution in [3.63, 3.8) is 0 Å². The van der Waals surface area contributed by atoms with Gasteiger partial charge < -0.3 is 4.74 Å². The molecule has 2 fully saturated rings. The van der Waals surface area contributed by atoms with Crippen LogP contribution in [0.15, 0.2) is 54.6 Å². The molecule has 1 heterocycles. The van der Waals surface area contributed by atoms with Gasteiger partial charge in [-0.05, 0) is 54.7 Å². The molecular formula is C22H17Cl2NO3. The number of rotatable bonds is 4. The van der Waals surface area contributed by atoms with Crippen molar-refractivity contribution in [2.24, 2.45) is 23.7 Å². The van der Waals surface area contributed by atoms with Gasteiger partial charge in [-0.25, -0.2) is 0 Å². The predicted molar refractivity (Wildman–Crippen MR) is 107 cm³/mol. The Hall–Kier alpha value is -2.30. The normalized spacial score (nSPS) is 27.6. The second-order valence-electron chi connectivity index (χ2n) is 7.53. The van der Waals surface area contributed by atoms with Crippen LogP contribution in [0.5, 0.6) is 5.75 Å². The number of hydrogen-bond acceptors (Lipinski definition) is 3. The van der Waals surface area contributed by atoms with E-state index in [1.807, 2.05) is 6.07 Å². The standard InChI is InChI=1S/C22H17Cl2NO3/c23-15-4-3-14(18(24)10-15)11-28-17-7-5-16(6-8-17)25-21(26)19-12-1-2-13(9-12)20(19)22(25)27/h1-8,10,12-13,19-20H,9,11H2. The first-order chi connectivity index (χ1) is 13.5. The van der Waals surface area contributed by atoms with E-state index in [1.165, 1.54) is 4.90 Å². The summed E-state index contributed by atoms with van der Waals surface area (Å²) < 4.78 is 5.78. The molecule has 0 N–H and O–H groups in total. The molecule has 1 aliphatic heterocycles. The zero-order valence-corrected chi connectivity index (χ0v) is 16.4. The van der Waals surface area contributed by atoms with Crippen LogP contribution in [0.4, 0.5) is 5.69 Å². The van der Waals surface area contributed by atoms with Gasteiger partial charge in [0.05, 0.1) is 17.5 Å². The van der Waals surface area contributed by atoms with Crippen molar-refractivity contribution < 1.29 is 14.3 Å². The minimum absolute atomic E-state index is 0.0755. The summed E-state index contributed by atoms with van der Waals surface area (Å²) in [4.78, 5) is 27.1. The summed E-state index contributed by atoms with van der Waals surface area (Å²) in [5, 5.41) is 1.12. The Bertz CT molecular complexity index is 971. The van der Waals surface area contributed by atoms with Gasteiger partial charge in [-0.1, -0.05) is 41.4 Å². The van der Waals surface area contributed by atoms with Crippen LogP contribution >= 0.6 is 23.2 Å². The number of hydrogen-bond donors (Lipinski definition) is 0. The van der Waals surface area contributed by atoms with Gasteiger partial charge in [0.25, 0.3) is 0 Å². The van der Waals surface area contributed by atoms with E-state index in [4.69, 9.17) is 27.9 Å². The van der Waals surface area contributed by atoms with E-state index in [9.17, 15) is 9.59 Å². The van der Waals surface area contributed by atoms with Gasteiger partial charge in [-0.2, -0.15) is 0 Å². The summed E-state index contributed by atoms with van der Waals surface area (Å²) in [5.41, 5.74) is 1.43. The Balaban J connectivity index is 1.30. The van der Waals surface area contributed by atoms with E-state index in [0.717, 1.165) is 12.0 Å². The molecule has 1 saturated heterocycles. The Morgan fingerprint density at radius 3 is 2.18 bits per heavy atom. The summed E-state index contributed by atoms with van der Waals surface area (Å²) in [6.45, 7) is 0.302. The predicted octanol–water partition coefficient (Wildman–Crippen LogP) is 4.88. The van der Waals surface area contributed by atoms with E-state index < -0.39 is 0 Å². The molecule has 4 unspecified atom stereocenters. The van der Waals surface area contributed by atoms with Gasteiger partial charge in [0.15, 0.2) is 0 Å². The maximum Gasteiger partial charge on any atom is 0.238 e. The number of allylic oxidation sites excluding steroid dienone is 2. The lowest BCUT2D eigenvalue weighted by Gasteiger charge is -2.17. The Morgan fingerprint density at radius 1 is 0.929 bits per heavy atom. The van der Waals surface area contributed by atoms with E-state index in [2.05, 4.69) is 12.2 Å². The first-order valence-corrected chi connectivity index (χ1v) is 10.0. The number of imide groups is 1. The lowest BCUT2D eigenvalue weighted by molar-refractivity contribution is -0.123. The number of fused-ring (bicyclic) bond motifs is 5. The maximum absolute atomic E-state index is 12.9. The van der Waals surface area contributed by atoms with Crippen LogP contribution in [0.25, 0.3) is 0 Å². The van der Waals surface area contributed by atoms with Gasteiger partial charge >= 0.3 is 0 Å². The van der Waals surface area contributed by atoms with E-state index >= 15 is 0 Å². The molecule has 2 aromatic rings. The highest BCUT2D eigenvalue weighted by Crippen LogP contribution is 2.53. The number of nitrogens with zero attached hydrogens (tertiary/aromatic N) is 1. The van der Waals surface area contributed by atoms with E-state index in [-0.39, 0.29) is 35.5 Å². The average Bonchev–Trinajstić information content (AvgIpc) is 3.36. The highest BCUT2D eigenvalue weighted by atomic mass is 35.5. The number of halogens is 2. The molecule has 1 saturated carbocycles. The topological polar surface area (TPSA) is 46.6 Å². The molecule has 2 bridgehead atoms. The summed E-state index contributed by atoms with van der Waals surface area (Å²) in [6, 6.07) is 12.3. The van der Waals surface area contributed by atoms with Crippen LogP contribution in [0.1, 0.15) is 12.0 Å². The van der Waals surface area contributed by atoms with Crippen LogP contribution in [0.3, 0.4) is 0 Å². The first kappa shape index (κ1) is 17.8. The van der Waals surface area contributed by atoms with Crippen molar-refractivity contribution in [3.05, 3.63) is 70.2 Å². The Morgan fingerprint density at radius 2 is 1.57 bits per heavy atom. The Labute approximate surface area is 172 Å². The molecule has 2 amide bonds. The molecule has 0 radical (unpaired) electrons. The second-order valence-corrected chi connectivity index (χ2v) is 8.37. The number of benzene rings is 2. The zero-order valence-electron chi connectivity index (χ0n) is 14.8. The second kappa shape index (κ2) is 6.64. The third-order valence-electron chi connectivity index (χ3n) is 5.97. The maximum atomic E-state index is 12.9. The van der Waals surface area contributed by atoms with E-state index in [0.29, 0.717) is 28.1 Å². The lowest BCUT2D eigenvalue weighted by atomic mass is 9.85. The number of carbonyl (C=O) groups is 2. The van der Waals surface area contributed by atoms with Crippen LogP contribution in [0.2, 0.25) is 10.0 Å². The van der Waals surface area contributed by atoms with Crippen LogP contribution in [-0.2, 0) is 16.2 Å². The number of amides is 2. The third-order valence-corrected chi connectivity index (χ3v) is 6.56. The molecule has 6 heteroatoms. The molecule has 4 atom stereocenters. The monoisotopic (exact) mass is 413 g/mol. The highest BCUT2D eigenvalue weighted by molar-refractivity contribution is 6.35. The minimum atomic E-state index is -0.189. The van der Waals surface area contributed by atoms with Crippen molar-refractivity contribution in [1.29, 1.82) is 0 Å². The average molecular weight is 414 g/mol. The summed E-state index contributed by atoms with van der Waals surface area (Å²) in [7, 11) is 0. The molecule has 3 aliphatic rings. The van der Waals surface area contributed by atoms with Crippen molar-refractivity contribution in [2.45, 2.75) is 13.0 Å². The van der Waals surface area contributed by atoms with Crippen molar-refractivity contribution in [2.75, 3.05) is 4.90 Å². The van der Waals surface area contributed by atoms with Crippen LogP contribution < -0.4 is 9.64 Å². The number of anilines is 1. The third kappa shape index (κ3) is 2.75. The minimum Gasteiger partial charge on any atom is -0.489 e. The summed E-state index contributed by atoms with van der Waals surface area (Å²) >= 11 is 12.1. The largest absolute Gasteiger partial charge is 0.489 e. The molecule has 2 aromatic carbocycles. The number of ether oxygens (including phenoxy) is 1. The SMILES string of the molecule is O=C1C2C3C=CC(C3)C2C(=O)N1c1ccc(OCc2ccc(Cl)cc2Cl)cc1. The smallest absolute Gasteiger partial charge is 0.238 e. The van der Waals surface area contributed by atoms with Crippen molar-refractivity contribution in [3.8, 4) is 5.75 Å². The van der Waals surface area contributed by atoms with Gasteiger partial charge in [0, 0.05) is 15.6 Å². The summed E-state index contributed by atoms with van der Waals surface area (Å²) in [6.07, 6.45) is 5.12. The molecule has 28 heavy (non-hydrogen) atoms. The molecule has 142 valence electrons. The van der Waals surface area contributed by atoms with Crippen LogP contribution in [-0.4, -0.2) is 11.8 Å². The first-order valence-electron chi connectivity index (χ1n) is 9.26. The fourth-order valence-electron chi connectivity index (χ4n) is 4.65. The fraction of sp³-hybridized carbons (Fsp3) is 0.273. The van der Waals surface area contributed by atoms with E-state index in [1.54, 1.807) is 36.4 Å². The molecular weight excluding hydrogens is 397 g/mol. The molecule has 4 nitrogen and oxygen atoms in total. The zero-order chi connectivity index (χ0) is 19.4. The van der Waals surface area contributed by atoms with Crippen molar-refractivity contribution in [1.82, 2.24) is 0 Å².